The van der Waals surface area contributed by atoms with Crippen LogP contribution >= 0.6 is 11.3 Å². The summed E-state index contributed by atoms with van der Waals surface area (Å²) in [7, 11) is 0. The van der Waals surface area contributed by atoms with E-state index in [-0.39, 0.29) is 24.1 Å². The topological polar surface area (TPSA) is 150 Å². The zero-order valence-electron chi connectivity index (χ0n) is 27.1. The molecule has 3 aromatic heterocycles. The van der Waals surface area contributed by atoms with Crippen molar-refractivity contribution in [3.05, 3.63) is 76.9 Å². The summed E-state index contributed by atoms with van der Waals surface area (Å²) in [6.45, 7) is 8.41. The number of nitrogens with zero attached hydrogens (tertiary/aromatic N) is 5. The quantitative estimate of drug-likeness (QED) is 0.153. The number of amides is 4. The van der Waals surface area contributed by atoms with E-state index in [0.717, 1.165) is 0 Å². The number of carbonyl (C=O) groups excluding carboxylic acids is 3. The molecule has 1 aromatic carbocycles. The SMILES string of the molecule is CCOC(C)(C)/C=C(\C#N)C(=O)N1CCC[C@@H](NC(=O)c2sc3nccc4c3c2NC(=O)N4c2ccc(Oc3ccccc3)nc2C)C1. The molecule has 1 saturated heterocycles. The fraction of sp³-hybridized carbons (Fsp3) is 0.314. The summed E-state index contributed by atoms with van der Waals surface area (Å²) in [6.07, 6.45) is 4.47. The lowest BCUT2D eigenvalue weighted by molar-refractivity contribution is -0.128. The number of pyridine rings is 2. The third-order valence-corrected chi connectivity index (χ3v) is 9.19. The molecule has 0 bridgehead atoms. The number of carbonyl (C=O) groups is 3. The summed E-state index contributed by atoms with van der Waals surface area (Å²) >= 11 is 1.19. The van der Waals surface area contributed by atoms with E-state index in [4.69, 9.17) is 9.47 Å². The maximum atomic E-state index is 13.7. The Balaban J connectivity index is 1.22. The molecule has 0 aliphatic carbocycles. The Hall–Kier alpha value is -5.32. The monoisotopic (exact) mass is 665 g/mol. The number of anilines is 3. The van der Waals surface area contributed by atoms with Crippen molar-refractivity contribution < 1.29 is 23.9 Å². The van der Waals surface area contributed by atoms with Gasteiger partial charge in [0.05, 0.1) is 33.7 Å². The van der Waals surface area contributed by atoms with Crippen molar-refractivity contribution in [2.45, 2.75) is 52.2 Å². The number of nitrogens with one attached hydrogen (secondary N) is 2. The highest BCUT2D eigenvalue weighted by molar-refractivity contribution is 7.21. The molecule has 0 saturated carbocycles. The van der Waals surface area contributed by atoms with Gasteiger partial charge in [-0.3, -0.25) is 14.5 Å². The molecule has 1 atom stereocenters. The predicted molar refractivity (Wildman–Crippen MR) is 183 cm³/mol. The average Bonchev–Trinajstić information content (AvgIpc) is 3.44. The number of urea groups is 1. The van der Waals surface area contributed by atoms with Crippen molar-refractivity contribution in [2.75, 3.05) is 29.9 Å². The summed E-state index contributed by atoms with van der Waals surface area (Å²) in [5.41, 5.74) is 1.34. The van der Waals surface area contributed by atoms with Gasteiger partial charge in [0, 0.05) is 38.0 Å². The molecule has 2 aliphatic heterocycles. The Morgan fingerprint density at radius 2 is 1.98 bits per heavy atom. The number of aromatic nitrogens is 2. The number of thiophene rings is 1. The van der Waals surface area contributed by atoms with E-state index in [9.17, 15) is 19.6 Å². The second kappa shape index (κ2) is 13.4. The molecule has 0 radical (unpaired) electrons. The molecule has 6 rings (SSSR count). The van der Waals surface area contributed by atoms with Gasteiger partial charge in [-0.1, -0.05) is 18.2 Å². The van der Waals surface area contributed by atoms with Gasteiger partial charge in [0.15, 0.2) is 0 Å². The fourth-order valence-corrected chi connectivity index (χ4v) is 7.04. The van der Waals surface area contributed by atoms with Gasteiger partial charge in [-0.2, -0.15) is 5.26 Å². The van der Waals surface area contributed by atoms with Crippen LogP contribution in [0.4, 0.5) is 21.9 Å². The van der Waals surface area contributed by atoms with Crippen LogP contribution in [0.1, 0.15) is 49.0 Å². The Bertz CT molecular complexity index is 1970. The van der Waals surface area contributed by atoms with Crippen molar-refractivity contribution >= 4 is 56.5 Å². The van der Waals surface area contributed by atoms with Gasteiger partial charge < -0.3 is 25.0 Å². The van der Waals surface area contributed by atoms with E-state index in [0.29, 0.717) is 75.5 Å². The van der Waals surface area contributed by atoms with E-state index >= 15 is 0 Å². The Kier molecular flexibility index (Phi) is 9.12. The summed E-state index contributed by atoms with van der Waals surface area (Å²) in [5, 5.41) is 16.3. The minimum Gasteiger partial charge on any atom is -0.439 e. The van der Waals surface area contributed by atoms with Crippen LogP contribution in [-0.2, 0) is 9.53 Å². The molecule has 4 amide bonds. The molecule has 246 valence electrons. The van der Waals surface area contributed by atoms with Gasteiger partial charge in [0.25, 0.3) is 11.8 Å². The number of ether oxygens (including phenoxy) is 2. The molecular formula is C35H35N7O5S. The molecule has 0 spiro atoms. The number of likely N-dealkylation sites (tertiary alicyclic amines) is 1. The first-order valence-corrected chi connectivity index (χ1v) is 16.5. The van der Waals surface area contributed by atoms with Crippen molar-refractivity contribution in [3.63, 3.8) is 0 Å². The van der Waals surface area contributed by atoms with Crippen LogP contribution in [0.25, 0.3) is 10.2 Å². The summed E-state index contributed by atoms with van der Waals surface area (Å²) in [6, 6.07) is 15.8. The Labute approximate surface area is 282 Å². The molecule has 5 heterocycles. The van der Waals surface area contributed by atoms with Crippen molar-refractivity contribution in [1.29, 1.82) is 5.26 Å². The van der Waals surface area contributed by atoms with E-state index in [1.807, 2.05) is 43.3 Å². The highest BCUT2D eigenvalue weighted by Crippen LogP contribution is 2.46. The minimum atomic E-state index is -0.774. The molecule has 2 N–H and O–H groups in total. The van der Waals surface area contributed by atoms with Gasteiger partial charge in [0.1, 0.15) is 27.1 Å². The summed E-state index contributed by atoms with van der Waals surface area (Å²) < 4.78 is 11.5. The van der Waals surface area contributed by atoms with Gasteiger partial charge in [-0.15, -0.1) is 11.3 Å². The minimum absolute atomic E-state index is 0.00373. The van der Waals surface area contributed by atoms with Crippen LogP contribution in [0.5, 0.6) is 11.6 Å². The second-order valence-electron chi connectivity index (χ2n) is 12.0. The lowest BCUT2D eigenvalue weighted by atomic mass is 10.0. The van der Waals surface area contributed by atoms with E-state index in [1.165, 1.54) is 16.2 Å². The fourth-order valence-electron chi connectivity index (χ4n) is 6.02. The lowest BCUT2D eigenvalue weighted by Gasteiger charge is -2.33. The Morgan fingerprint density at radius 3 is 2.71 bits per heavy atom. The number of hydrogen-bond donors (Lipinski definition) is 2. The summed E-state index contributed by atoms with van der Waals surface area (Å²) in [5.74, 6) is 0.273. The first kappa shape index (κ1) is 32.6. The van der Waals surface area contributed by atoms with Crippen molar-refractivity contribution in [2.24, 2.45) is 0 Å². The van der Waals surface area contributed by atoms with E-state index in [1.54, 1.807) is 56.1 Å². The Morgan fingerprint density at radius 1 is 1.19 bits per heavy atom. The number of aryl methyl sites for hydroxylation is 1. The number of para-hydroxylation sites is 1. The molecule has 12 nitrogen and oxygen atoms in total. The molecule has 13 heteroatoms. The number of piperidine rings is 1. The van der Waals surface area contributed by atoms with E-state index in [2.05, 4.69) is 20.6 Å². The number of hydrogen-bond acceptors (Lipinski definition) is 9. The second-order valence-corrected chi connectivity index (χ2v) is 13.0. The first-order valence-electron chi connectivity index (χ1n) is 15.7. The predicted octanol–water partition coefficient (Wildman–Crippen LogP) is 6.46. The highest BCUT2D eigenvalue weighted by atomic mass is 32.1. The lowest BCUT2D eigenvalue weighted by Crippen LogP contribution is -2.50. The largest absolute Gasteiger partial charge is 0.439 e. The zero-order valence-corrected chi connectivity index (χ0v) is 27.9. The van der Waals surface area contributed by atoms with Crippen LogP contribution in [0.3, 0.4) is 0 Å². The maximum absolute atomic E-state index is 13.7. The average molecular weight is 666 g/mol. The molecule has 0 unspecified atom stereocenters. The third kappa shape index (κ3) is 6.58. The number of nitriles is 1. The van der Waals surface area contributed by atoms with E-state index < -0.39 is 17.5 Å². The molecular weight excluding hydrogens is 630 g/mol. The maximum Gasteiger partial charge on any atom is 0.331 e. The zero-order chi connectivity index (χ0) is 34.0. The molecule has 1 fully saturated rings. The standard InChI is InChI=1S/C35H35N7O5S/c1-5-46-35(3,4)18-22(19-36)33(44)41-17-9-10-23(20-41)39-31(43)30-29-28-26(15-16-37-32(28)48-30)42(34(45)40-29)25-13-14-27(38-21(25)2)47-24-11-7-6-8-12-24/h6-8,11-16,18,23H,5,9-10,17,20H2,1-4H3,(H,39,43)(H,40,45)/b22-18+/t23-/m1/s1. The number of rotatable bonds is 9. The normalized spacial score (nSPS) is 16.4. The highest BCUT2D eigenvalue weighted by Gasteiger charge is 2.35. The molecule has 2 aliphatic rings. The van der Waals surface area contributed by atoms with Crippen LogP contribution in [0.15, 0.2) is 66.4 Å². The molecule has 4 aromatic rings. The van der Waals surface area contributed by atoms with Crippen molar-refractivity contribution in [1.82, 2.24) is 20.2 Å². The van der Waals surface area contributed by atoms with Crippen molar-refractivity contribution in [3.8, 4) is 17.7 Å². The molecule has 48 heavy (non-hydrogen) atoms. The third-order valence-electron chi connectivity index (χ3n) is 8.09. The van der Waals surface area contributed by atoms with Crippen LogP contribution in [0.2, 0.25) is 0 Å². The van der Waals surface area contributed by atoms with Gasteiger partial charge in [0.2, 0.25) is 5.88 Å². The van der Waals surface area contributed by atoms with Gasteiger partial charge in [-0.25, -0.2) is 14.8 Å². The van der Waals surface area contributed by atoms with Gasteiger partial charge >= 0.3 is 6.03 Å². The number of benzene rings is 1. The smallest absolute Gasteiger partial charge is 0.331 e. The van der Waals surface area contributed by atoms with Crippen LogP contribution in [-0.4, -0.2) is 64.1 Å². The first-order chi connectivity index (χ1) is 23.1. The van der Waals surface area contributed by atoms with Crippen LogP contribution < -0.4 is 20.3 Å². The van der Waals surface area contributed by atoms with Crippen LogP contribution in [0, 0.1) is 18.3 Å². The van der Waals surface area contributed by atoms with Gasteiger partial charge in [-0.05, 0) is 70.9 Å². The summed E-state index contributed by atoms with van der Waals surface area (Å²) in [4.78, 5) is 53.8.